The summed E-state index contributed by atoms with van der Waals surface area (Å²) in [5.41, 5.74) is 0.527. The lowest BCUT2D eigenvalue weighted by Crippen LogP contribution is -2.60. The minimum absolute atomic E-state index is 0.122. The molecule has 3 rings (SSSR count). The number of carbonyl (C=O) groups is 1. The molecule has 0 saturated carbocycles. The molecule has 0 bridgehead atoms. The third-order valence-corrected chi connectivity index (χ3v) is 4.90. The Morgan fingerprint density at radius 2 is 1.83 bits per heavy atom. The molecule has 6 N–H and O–H groups in total. The topological polar surface area (TPSA) is 149 Å². The number of benzene rings is 2. The molecule has 9 nitrogen and oxygen atoms in total. The van der Waals surface area contributed by atoms with Crippen molar-refractivity contribution in [1.29, 1.82) is 0 Å². The van der Waals surface area contributed by atoms with Gasteiger partial charge in [-0.1, -0.05) is 29.8 Å². The van der Waals surface area contributed by atoms with Crippen LogP contribution >= 0.6 is 11.6 Å². The molecular formula is C20H22ClNO8. The highest BCUT2D eigenvalue weighted by atomic mass is 35.5. The van der Waals surface area contributed by atoms with Crippen molar-refractivity contribution in [2.45, 2.75) is 37.3 Å². The second kappa shape index (κ2) is 9.61. The van der Waals surface area contributed by atoms with Crippen LogP contribution in [-0.2, 0) is 11.3 Å². The van der Waals surface area contributed by atoms with Crippen molar-refractivity contribution in [1.82, 2.24) is 5.32 Å². The number of hydrogen-bond donors (Lipinski definition) is 6. The Morgan fingerprint density at radius 1 is 1.10 bits per heavy atom. The number of ether oxygens (including phenoxy) is 2. The second-order valence-electron chi connectivity index (χ2n) is 6.78. The van der Waals surface area contributed by atoms with Crippen molar-refractivity contribution in [2.24, 2.45) is 0 Å². The summed E-state index contributed by atoms with van der Waals surface area (Å²) in [6.45, 7) is -0.495. The first-order valence-corrected chi connectivity index (χ1v) is 9.51. The molecule has 1 aliphatic rings. The van der Waals surface area contributed by atoms with Crippen LogP contribution < -0.4 is 10.1 Å². The van der Waals surface area contributed by atoms with E-state index in [0.717, 1.165) is 5.56 Å². The third kappa shape index (κ3) is 4.84. The van der Waals surface area contributed by atoms with Gasteiger partial charge in [-0.3, -0.25) is 4.79 Å². The predicted molar refractivity (Wildman–Crippen MR) is 105 cm³/mol. The van der Waals surface area contributed by atoms with Crippen LogP contribution in [0, 0.1) is 0 Å². The van der Waals surface area contributed by atoms with Gasteiger partial charge in [0.25, 0.3) is 5.91 Å². The van der Waals surface area contributed by atoms with Gasteiger partial charge < -0.3 is 40.3 Å². The van der Waals surface area contributed by atoms with E-state index in [-0.39, 0.29) is 23.6 Å². The number of phenols is 1. The molecular weight excluding hydrogens is 418 g/mol. The average molecular weight is 440 g/mol. The standard InChI is InChI=1S/C20H22ClNO8/c21-11-4-1-3-10(7-11)8-22-19(28)15-12(24)5-2-6-13(15)29-20-18(27)17(26)16(25)14(9-23)30-20/h1-7,14,16-18,20,23-27H,8-9H2,(H,22,28)/t14-,16-,17+,18-,20-/m1/s1. The molecule has 30 heavy (non-hydrogen) atoms. The number of aliphatic hydroxyl groups is 4. The van der Waals surface area contributed by atoms with Gasteiger partial charge >= 0.3 is 0 Å². The Hall–Kier alpha value is -2.40. The van der Waals surface area contributed by atoms with E-state index in [9.17, 15) is 30.3 Å². The van der Waals surface area contributed by atoms with E-state index in [1.165, 1.54) is 18.2 Å². The first-order chi connectivity index (χ1) is 14.3. The molecule has 0 radical (unpaired) electrons. The molecule has 0 aromatic heterocycles. The molecule has 2 aromatic rings. The van der Waals surface area contributed by atoms with E-state index < -0.39 is 43.2 Å². The van der Waals surface area contributed by atoms with Gasteiger partial charge in [-0.15, -0.1) is 0 Å². The van der Waals surface area contributed by atoms with Gasteiger partial charge in [0.15, 0.2) is 0 Å². The summed E-state index contributed by atoms with van der Waals surface area (Å²) in [5, 5.41) is 52.5. The number of rotatable bonds is 6. The number of halogens is 1. The maximum Gasteiger partial charge on any atom is 0.259 e. The number of amides is 1. The van der Waals surface area contributed by atoms with Crippen molar-refractivity contribution >= 4 is 17.5 Å². The lowest BCUT2D eigenvalue weighted by molar-refractivity contribution is -0.277. The average Bonchev–Trinajstić information content (AvgIpc) is 2.72. The molecule has 1 aliphatic heterocycles. The quantitative estimate of drug-likeness (QED) is 0.372. The molecule has 1 amide bonds. The molecule has 1 fully saturated rings. The lowest BCUT2D eigenvalue weighted by atomic mass is 9.99. The normalized spacial score (nSPS) is 26.2. The molecule has 10 heteroatoms. The minimum atomic E-state index is -1.66. The third-order valence-electron chi connectivity index (χ3n) is 4.66. The highest BCUT2D eigenvalue weighted by Crippen LogP contribution is 2.31. The number of phenolic OH excluding ortho intramolecular Hbond substituents is 1. The van der Waals surface area contributed by atoms with Crippen LogP contribution in [0.3, 0.4) is 0 Å². The summed E-state index contributed by atoms with van der Waals surface area (Å²) in [6, 6.07) is 11.0. The van der Waals surface area contributed by atoms with E-state index in [0.29, 0.717) is 5.02 Å². The SMILES string of the molecule is O=C(NCc1cccc(Cl)c1)c1c(O)cccc1O[C@@H]1O[C@H](CO)[C@@H](O)[C@H](O)[C@H]1O. The maximum absolute atomic E-state index is 12.7. The van der Waals surface area contributed by atoms with Crippen molar-refractivity contribution in [3.05, 3.63) is 58.6 Å². The fraction of sp³-hybridized carbons (Fsp3) is 0.350. The Bertz CT molecular complexity index is 893. The first-order valence-electron chi connectivity index (χ1n) is 9.13. The number of aromatic hydroxyl groups is 1. The Labute approximate surface area is 177 Å². The Kier molecular flexibility index (Phi) is 7.14. The van der Waals surface area contributed by atoms with Crippen molar-refractivity contribution < 1.29 is 39.8 Å². The number of hydrogen-bond acceptors (Lipinski definition) is 8. The molecule has 162 valence electrons. The molecule has 2 aromatic carbocycles. The second-order valence-corrected chi connectivity index (χ2v) is 7.21. The summed E-state index contributed by atoms with van der Waals surface area (Å²) >= 11 is 5.93. The van der Waals surface area contributed by atoms with Gasteiger partial charge in [-0.2, -0.15) is 0 Å². The summed E-state index contributed by atoms with van der Waals surface area (Å²) in [5.74, 6) is -1.16. The zero-order valence-electron chi connectivity index (χ0n) is 15.7. The van der Waals surface area contributed by atoms with Gasteiger partial charge in [-0.05, 0) is 29.8 Å². The van der Waals surface area contributed by atoms with E-state index >= 15 is 0 Å². The largest absolute Gasteiger partial charge is 0.507 e. The van der Waals surface area contributed by atoms with E-state index in [4.69, 9.17) is 21.1 Å². The summed E-state index contributed by atoms with van der Waals surface area (Å²) in [7, 11) is 0. The smallest absolute Gasteiger partial charge is 0.259 e. The predicted octanol–water partition coefficient (Wildman–Crippen LogP) is 0.154. The van der Waals surface area contributed by atoms with Crippen LogP contribution in [0.5, 0.6) is 11.5 Å². The van der Waals surface area contributed by atoms with Gasteiger partial charge in [-0.25, -0.2) is 0 Å². The maximum atomic E-state index is 12.7. The number of nitrogens with one attached hydrogen (secondary N) is 1. The molecule has 0 aliphatic carbocycles. The van der Waals surface area contributed by atoms with Crippen LogP contribution in [0.4, 0.5) is 0 Å². The van der Waals surface area contributed by atoms with Crippen LogP contribution in [0.1, 0.15) is 15.9 Å². The van der Waals surface area contributed by atoms with Crippen molar-refractivity contribution in [3.63, 3.8) is 0 Å². The fourth-order valence-corrected chi connectivity index (χ4v) is 3.27. The zero-order chi connectivity index (χ0) is 21.8. The molecule has 5 atom stereocenters. The first kappa shape index (κ1) is 22.3. The minimum Gasteiger partial charge on any atom is -0.507 e. The van der Waals surface area contributed by atoms with E-state index in [2.05, 4.69) is 5.32 Å². The fourth-order valence-electron chi connectivity index (χ4n) is 3.05. The Balaban J connectivity index is 1.78. The van der Waals surface area contributed by atoms with Crippen LogP contribution in [-0.4, -0.2) is 68.8 Å². The highest BCUT2D eigenvalue weighted by molar-refractivity contribution is 6.30. The van der Waals surface area contributed by atoms with Gasteiger partial charge in [0.2, 0.25) is 6.29 Å². The van der Waals surface area contributed by atoms with E-state index in [1.807, 2.05) is 0 Å². The zero-order valence-corrected chi connectivity index (χ0v) is 16.4. The lowest BCUT2D eigenvalue weighted by Gasteiger charge is -2.39. The number of carbonyl (C=O) groups excluding carboxylic acids is 1. The molecule has 1 saturated heterocycles. The van der Waals surface area contributed by atoms with Crippen molar-refractivity contribution in [3.8, 4) is 11.5 Å². The summed E-state index contributed by atoms with van der Waals surface area (Å²) in [6.07, 6.45) is -7.52. The molecule has 1 heterocycles. The van der Waals surface area contributed by atoms with Crippen molar-refractivity contribution in [2.75, 3.05) is 6.61 Å². The van der Waals surface area contributed by atoms with Crippen LogP contribution in [0.2, 0.25) is 5.02 Å². The molecule has 0 spiro atoms. The number of aliphatic hydroxyl groups excluding tert-OH is 4. The molecule has 0 unspecified atom stereocenters. The summed E-state index contributed by atoms with van der Waals surface area (Å²) in [4.78, 5) is 12.7. The van der Waals surface area contributed by atoms with Crippen LogP contribution in [0.15, 0.2) is 42.5 Å². The van der Waals surface area contributed by atoms with Gasteiger partial charge in [0.05, 0.1) is 6.61 Å². The Morgan fingerprint density at radius 3 is 2.53 bits per heavy atom. The van der Waals surface area contributed by atoms with Gasteiger partial charge in [0.1, 0.15) is 41.5 Å². The van der Waals surface area contributed by atoms with Gasteiger partial charge in [0, 0.05) is 11.6 Å². The monoisotopic (exact) mass is 439 g/mol. The summed E-state index contributed by atoms with van der Waals surface area (Å²) < 4.78 is 10.8. The van der Waals surface area contributed by atoms with Crippen LogP contribution in [0.25, 0.3) is 0 Å². The van der Waals surface area contributed by atoms with E-state index in [1.54, 1.807) is 24.3 Å². The highest BCUT2D eigenvalue weighted by Gasteiger charge is 2.45.